The fraction of sp³-hybridized carbons (Fsp3) is 0.174. The van der Waals surface area contributed by atoms with Crippen molar-refractivity contribution in [3.05, 3.63) is 71.1 Å². The molecule has 1 heterocycles. The fourth-order valence-corrected chi connectivity index (χ4v) is 3.28. The highest BCUT2D eigenvalue weighted by Crippen LogP contribution is 2.42. The van der Waals surface area contributed by atoms with Crippen LogP contribution in [0.2, 0.25) is 0 Å². The molecule has 0 aliphatic rings. The summed E-state index contributed by atoms with van der Waals surface area (Å²) < 4.78 is 115. The molecule has 0 fully saturated rings. The Morgan fingerprint density at radius 1 is 0.927 bits per heavy atom. The topological polar surface area (TPSA) is 96.0 Å². The van der Waals surface area contributed by atoms with Gasteiger partial charge in [-0.3, -0.25) is 4.79 Å². The Morgan fingerprint density at radius 3 is 2.15 bits per heavy atom. The van der Waals surface area contributed by atoms with Gasteiger partial charge in [0.25, 0.3) is 12.3 Å². The van der Waals surface area contributed by atoms with Gasteiger partial charge in [-0.2, -0.15) is 4.39 Å². The SMILES string of the molecule is BC(B)(B)Oc1c(Oc2ccc(C(F)F)c(F)c2C(=O)Nc2ccnc(C(=O)OC)c2)ccc(OC(F)(F)F)c1F. The Kier molecular flexibility index (Phi) is 9.14. The van der Waals surface area contributed by atoms with E-state index in [1.807, 2.05) is 0 Å². The van der Waals surface area contributed by atoms with Gasteiger partial charge in [0.1, 0.15) is 46.4 Å². The maximum atomic E-state index is 15.2. The maximum Gasteiger partial charge on any atom is 0.573 e. The number of methoxy groups -OCH3 is 1. The van der Waals surface area contributed by atoms with Crippen molar-refractivity contribution in [1.82, 2.24) is 4.98 Å². The average molecular weight is 584 g/mol. The molecular formula is C23H18B3F7N2O6. The normalized spacial score (nSPS) is 11.6. The van der Waals surface area contributed by atoms with Gasteiger partial charge in [-0.15, -0.1) is 13.2 Å². The summed E-state index contributed by atoms with van der Waals surface area (Å²) in [6.45, 7) is 0. The minimum absolute atomic E-state index is 0.116. The van der Waals surface area contributed by atoms with E-state index in [0.29, 0.717) is 12.1 Å². The summed E-state index contributed by atoms with van der Waals surface area (Å²) in [5.41, 5.74) is -2.62. The molecule has 1 N–H and O–H groups in total. The van der Waals surface area contributed by atoms with Crippen molar-refractivity contribution in [1.29, 1.82) is 0 Å². The summed E-state index contributed by atoms with van der Waals surface area (Å²) in [4.78, 5) is 28.6. The van der Waals surface area contributed by atoms with Crippen LogP contribution in [0.4, 0.5) is 36.4 Å². The van der Waals surface area contributed by atoms with Crippen molar-refractivity contribution in [2.75, 3.05) is 12.4 Å². The lowest BCUT2D eigenvalue weighted by molar-refractivity contribution is -0.275. The smallest absolute Gasteiger partial charge is 0.508 e. The molecule has 0 bridgehead atoms. The number of benzene rings is 2. The maximum absolute atomic E-state index is 15.2. The fourth-order valence-electron chi connectivity index (χ4n) is 3.28. The predicted molar refractivity (Wildman–Crippen MR) is 137 cm³/mol. The van der Waals surface area contributed by atoms with E-state index in [1.54, 1.807) is 0 Å². The van der Waals surface area contributed by atoms with Crippen LogP contribution in [0, 0.1) is 11.6 Å². The molecule has 0 radical (unpaired) electrons. The molecule has 41 heavy (non-hydrogen) atoms. The third kappa shape index (κ3) is 7.86. The number of nitrogens with zero attached hydrogens (tertiary/aromatic N) is 1. The number of hydrogen-bond acceptors (Lipinski definition) is 7. The molecule has 0 aliphatic heterocycles. The van der Waals surface area contributed by atoms with Crippen LogP contribution in [-0.4, -0.2) is 59.2 Å². The van der Waals surface area contributed by atoms with Crippen LogP contribution >= 0.6 is 0 Å². The second-order valence-electron chi connectivity index (χ2n) is 9.09. The summed E-state index contributed by atoms with van der Waals surface area (Å²) in [6, 6.07) is 4.98. The lowest BCUT2D eigenvalue weighted by Gasteiger charge is -2.25. The van der Waals surface area contributed by atoms with E-state index in [-0.39, 0.29) is 11.4 Å². The highest BCUT2D eigenvalue weighted by Gasteiger charge is 2.35. The van der Waals surface area contributed by atoms with E-state index in [1.165, 1.54) is 29.6 Å². The molecule has 0 aliphatic carbocycles. The summed E-state index contributed by atoms with van der Waals surface area (Å²) >= 11 is 0. The van der Waals surface area contributed by atoms with Gasteiger partial charge in [-0.05, 0) is 36.4 Å². The number of anilines is 1. The Labute approximate surface area is 230 Å². The van der Waals surface area contributed by atoms with Crippen molar-refractivity contribution >= 4 is 41.1 Å². The third-order valence-electron chi connectivity index (χ3n) is 4.89. The minimum atomic E-state index is -5.26. The van der Waals surface area contributed by atoms with Crippen LogP contribution < -0.4 is 19.5 Å². The first-order chi connectivity index (χ1) is 19.0. The van der Waals surface area contributed by atoms with Crippen molar-refractivity contribution < 1.29 is 59.3 Å². The van der Waals surface area contributed by atoms with E-state index in [4.69, 9.17) is 9.47 Å². The van der Waals surface area contributed by atoms with E-state index >= 15 is 8.78 Å². The number of carbonyl (C=O) groups excluding carboxylic acids is 2. The zero-order chi connectivity index (χ0) is 30.7. The second kappa shape index (κ2) is 12.0. The number of carbonyl (C=O) groups is 2. The quantitative estimate of drug-likeness (QED) is 0.235. The number of nitrogens with one attached hydrogen (secondary N) is 1. The largest absolute Gasteiger partial charge is 0.573 e. The molecule has 1 aromatic heterocycles. The van der Waals surface area contributed by atoms with Crippen LogP contribution in [0.25, 0.3) is 0 Å². The number of esters is 1. The van der Waals surface area contributed by atoms with Gasteiger partial charge >= 0.3 is 12.3 Å². The van der Waals surface area contributed by atoms with Gasteiger partial charge in [0.15, 0.2) is 17.2 Å². The molecule has 1 amide bonds. The van der Waals surface area contributed by atoms with Gasteiger partial charge in [0, 0.05) is 17.2 Å². The molecular weight excluding hydrogens is 566 g/mol. The Hall–Kier alpha value is -4.37. The molecule has 3 aromatic rings. The molecule has 2 aromatic carbocycles. The third-order valence-corrected chi connectivity index (χ3v) is 4.89. The van der Waals surface area contributed by atoms with Crippen LogP contribution in [0.15, 0.2) is 42.6 Å². The van der Waals surface area contributed by atoms with Crippen molar-refractivity contribution in [3.8, 4) is 23.0 Å². The van der Waals surface area contributed by atoms with Gasteiger partial charge in [0.2, 0.25) is 5.82 Å². The van der Waals surface area contributed by atoms with Crippen LogP contribution in [-0.2, 0) is 4.74 Å². The first-order valence-electron chi connectivity index (χ1n) is 11.4. The zero-order valence-corrected chi connectivity index (χ0v) is 21.7. The van der Waals surface area contributed by atoms with Crippen molar-refractivity contribution in [2.45, 2.75) is 18.1 Å². The van der Waals surface area contributed by atoms with Crippen LogP contribution in [0.5, 0.6) is 23.0 Å². The molecule has 0 unspecified atom stereocenters. The first-order valence-corrected chi connectivity index (χ1v) is 11.4. The molecule has 0 atom stereocenters. The van der Waals surface area contributed by atoms with E-state index in [2.05, 4.69) is 19.8 Å². The van der Waals surface area contributed by atoms with Gasteiger partial charge in [-0.1, -0.05) is 0 Å². The average Bonchev–Trinajstić information content (AvgIpc) is 2.86. The Bertz CT molecular complexity index is 1470. The number of halogens is 7. The summed E-state index contributed by atoms with van der Waals surface area (Å²) in [5, 5.41) is 0.999. The standard InChI is InChI=1S/C23H18B3F7N2O6/c1-38-21(37)11-8-9(6-7-34-11)35-20(36)15-12(3-2-10(16(15)27)19(29)30)39-14-5-4-13(40-23(31,32)33)17(28)18(14)41-22(24,25)26/h2-8,19H,24-26H2,1H3,(H,34,35,36). The second-order valence-corrected chi connectivity index (χ2v) is 9.09. The van der Waals surface area contributed by atoms with E-state index in [9.17, 15) is 31.5 Å². The van der Waals surface area contributed by atoms with Crippen LogP contribution in [0.1, 0.15) is 32.8 Å². The van der Waals surface area contributed by atoms with Gasteiger partial charge in [0.05, 0.1) is 12.7 Å². The number of ether oxygens (including phenoxy) is 4. The molecule has 214 valence electrons. The minimum Gasteiger partial charge on any atom is -0.508 e. The summed E-state index contributed by atoms with van der Waals surface area (Å²) in [7, 11) is 5.37. The Balaban J connectivity index is 2.11. The van der Waals surface area contributed by atoms with E-state index in [0.717, 1.165) is 31.5 Å². The number of aromatic nitrogens is 1. The molecule has 0 saturated carbocycles. The lowest BCUT2D eigenvalue weighted by atomic mass is 9.52. The van der Waals surface area contributed by atoms with Gasteiger partial charge < -0.3 is 24.3 Å². The number of pyridine rings is 1. The molecule has 3 rings (SSSR count). The van der Waals surface area contributed by atoms with Crippen molar-refractivity contribution in [2.24, 2.45) is 0 Å². The molecule has 18 heteroatoms. The predicted octanol–water partition coefficient (Wildman–Crippen LogP) is 2.92. The molecule has 8 nitrogen and oxygen atoms in total. The molecule has 0 spiro atoms. The number of amides is 1. The highest BCUT2D eigenvalue weighted by atomic mass is 19.4. The summed E-state index contributed by atoms with van der Waals surface area (Å²) in [5.74, 6) is -9.09. The van der Waals surface area contributed by atoms with Crippen molar-refractivity contribution in [3.63, 3.8) is 0 Å². The number of alkyl halides is 5. The number of hydrogen-bond donors (Lipinski definition) is 1. The van der Waals surface area contributed by atoms with Crippen LogP contribution in [0.3, 0.4) is 0 Å². The summed E-state index contributed by atoms with van der Waals surface area (Å²) in [6.07, 6.45) is -7.52. The first kappa shape index (κ1) is 31.2. The zero-order valence-electron chi connectivity index (χ0n) is 21.7. The molecule has 0 saturated heterocycles. The Morgan fingerprint density at radius 2 is 1.56 bits per heavy atom. The highest BCUT2D eigenvalue weighted by molar-refractivity contribution is 6.58. The number of rotatable bonds is 9. The van der Waals surface area contributed by atoms with Gasteiger partial charge in [-0.25, -0.2) is 22.9 Å². The monoisotopic (exact) mass is 584 g/mol. The van der Waals surface area contributed by atoms with E-state index < -0.39 is 75.7 Å². The lowest BCUT2D eigenvalue weighted by Crippen LogP contribution is -2.38.